The number of carbonyl (C=O) groups excluding carboxylic acids is 2. The van der Waals surface area contributed by atoms with Gasteiger partial charge >= 0.3 is 11.8 Å². The van der Waals surface area contributed by atoms with E-state index in [1.165, 1.54) is 6.21 Å². The van der Waals surface area contributed by atoms with Crippen LogP contribution in [-0.2, 0) is 9.59 Å². The lowest BCUT2D eigenvalue weighted by Crippen LogP contribution is -2.32. The van der Waals surface area contributed by atoms with E-state index in [1.807, 2.05) is 63.2 Å². The standard InChI is InChI=1S/C22H21ClN4O2/c1-14-4-8-19(9-5-14)25-21(28)22(29)26-24-13-17-12-15(2)27(16(17)3)20-10-6-18(23)7-11-20/h4-13H,1-3H3,(H,25,28)(H,26,29)/b24-13-. The molecule has 0 aliphatic carbocycles. The number of aromatic nitrogens is 1. The maximum absolute atomic E-state index is 12.0. The molecule has 0 aliphatic heterocycles. The lowest BCUT2D eigenvalue weighted by atomic mass is 10.2. The van der Waals surface area contributed by atoms with Crippen LogP contribution in [0.1, 0.15) is 22.5 Å². The minimum absolute atomic E-state index is 0.547. The molecule has 2 amide bonds. The summed E-state index contributed by atoms with van der Waals surface area (Å²) in [5.74, 6) is -1.62. The Hall–Kier alpha value is -3.38. The molecule has 1 heterocycles. The van der Waals surface area contributed by atoms with Crippen LogP contribution in [0.15, 0.2) is 59.7 Å². The number of rotatable bonds is 4. The first-order valence-corrected chi connectivity index (χ1v) is 9.39. The van der Waals surface area contributed by atoms with E-state index < -0.39 is 11.8 Å². The smallest absolute Gasteiger partial charge is 0.318 e. The zero-order valence-corrected chi connectivity index (χ0v) is 17.1. The lowest BCUT2D eigenvalue weighted by molar-refractivity contribution is -0.136. The Bertz CT molecular complexity index is 1070. The van der Waals surface area contributed by atoms with Gasteiger partial charge in [0, 0.05) is 33.3 Å². The van der Waals surface area contributed by atoms with Crippen LogP contribution >= 0.6 is 11.6 Å². The number of carbonyl (C=O) groups is 2. The van der Waals surface area contributed by atoms with Crippen LogP contribution < -0.4 is 10.7 Å². The SMILES string of the molecule is Cc1ccc(NC(=O)C(=O)N/N=C\c2cc(C)n(-c3ccc(Cl)cc3)c2C)cc1. The van der Waals surface area contributed by atoms with E-state index in [0.717, 1.165) is 28.2 Å². The Morgan fingerprint density at radius 3 is 2.28 bits per heavy atom. The minimum atomic E-state index is -0.840. The fourth-order valence-corrected chi connectivity index (χ4v) is 3.07. The molecule has 0 unspecified atom stereocenters. The maximum atomic E-state index is 12.0. The van der Waals surface area contributed by atoms with Gasteiger partial charge in [0.2, 0.25) is 0 Å². The Kier molecular flexibility index (Phi) is 6.14. The number of hydrogen-bond acceptors (Lipinski definition) is 3. The number of amides is 2. The van der Waals surface area contributed by atoms with E-state index >= 15 is 0 Å². The molecule has 148 valence electrons. The maximum Gasteiger partial charge on any atom is 0.329 e. The van der Waals surface area contributed by atoms with Gasteiger partial charge in [0.25, 0.3) is 0 Å². The Morgan fingerprint density at radius 2 is 1.62 bits per heavy atom. The minimum Gasteiger partial charge on any atom is -0.318 e. The highest BCUT2D eigenvalue weighted by molar-refractivity contribution is 6.39. The summed E-state index contributed by atoms with van der Waals surface area (Å²) >= 11 is 5.96. The highest BCUT2D eigenvalue weighted by Gasteiger charge is 2.13. The third-order valence-electron chi connectivity index (χ3n) is 4.44. The first-order chi connectivity index (χ1) is 13.8. The Morgan fingerprint density at radius 1 is 0.966 bits per heavy atom. The largest absolute Gasteiger partial charge is 0.329 e. The van der Waals surface area contributed by atoms with E-state index in [-0.39, 0.29) is 0 Å². The van der Waals surface area contributed by atoms with E-state index in [0.29, 0.717) is 10.7 Å². The van der Waals surface area contributed by atoms with Crippen molar-refractivity contribution in [3.05, 3.63) is 82.1 Å². The lowest BCUT2D eigenvalue weighted by Gasteiger charge is -2.09. The normalized spacial score (nSPS) is 10.9. The van der Waals surface area contributed by atoms with E-state index in [9.17, 15) is 9.59 Å². The summed E-state index contributed by atoms with van der Waals surface area (Å²) in [6, 6.07) is 16.6. The number of nitrogens with zero attached hydrogens (tertiary/aromatic N) is 2. The van der Waals surface area contributed by atoms with Crippen LogP contribution in [0, 0.1) is 20.8 Å². The van der Waals surface area contributed by atoms with Crippen molar-refractivity contribution in [3.8, 4) is 5.69 Å². The summed E-state index contributed by atoms with van der Waals surface area (Å²) in [7, 11) is 0. The number of nitrogens with one attached hydrogen (secondary N) is 2. The van der Waals surface area contributed by atoms with Crippen molar-refractivity contribution < 1.29 is 9.59 Å². The van der Waals surface area contributed by atoms with Gasteiger partial charge < -0.3 is 9.88 Å². The van der Waals surface area contributed by atoms with Crippen LogP contribution in [0.5, 0.6) is 0 Å². The number of anilines is 1. The van der Waals surface area contributed by atoms with Crippen molar-refractivity contribution in [2.75, 3.05) is 5.32 Å². The van der Waals surface area contributed by atoms with Crippen molar-refractivity contribution in [2.45, 2.75) is 20.8 Å². The molecular formula is C22H21ClN4O2. The number of benzene rings is 2. The van der Waals surface area contributed by atoms with Crippen molar-refractivity contribution >= 4 is 35.3 Å². The monoisotopic (exact) mass is 408 g/mol. The van der Waals surface area contributed by atoms with Gasteiger partial charge in [-0.2, -0.15) is 5.10 Å². The quantitative estimate of drug-likeness (QED) is 0.386. The van der Waals surface area contributed by atoms with Gasteiger partial charge in [-0.05, 0) is 63.2 Å². The average molecular weight is 409 g/mol. The Balaban J connectivity index is 1.66. The summed E-state index contributed by atoms with van der Waals surface area (Å²) in [5.41, 5.74) is 7.64. The van der Waals surface area contributed by atoms with Crippen molar-refractivity contribution in [1.82, 2.24) is 9.99 Å². The first kappa shape index (κ1) is 20.4. The van der Waals surface area contributed by atoms with Crippen LogP contribution in [-0.4, -0.2) is 22.6 Å². The van der Waals surface area contributed by atoms with Gasteiger partial charge in [0.05, 0.1) is 6.21 Å². The van der Waals surface area contributed by atoms with E-state index in [2.05, 4.69) is 20.4 Å². The molecule has 0 fully saturated rings. The molecule has 29 heavy (non-hydrogen) atoms. The van der Waals surface area contributed by atoms with E-state index in [1.54, 1.807) is 12.1 Å². The molecule has 1 aromatic heterocycles. The summed E-state index contributed by atoms with van der Waals surface area (Å²) in [6.45, 7) is 5.87. The van der Waals surface area contributed by atoms with Gasteiger partial charge in [0.1, 0.15) is 0 Å². The molecule has 0 radical (unpaired) electrons. The van der Waals surface area contributed by atoms with Crippen molar-refractivity contribution in [3.63, 3.8) is 0 Å². The second-order valence-electron chi connectivity index (χ2n) is 6.66. The molecule has 2 N–H and O–H groups in total. The molecule has 0 saturated heterocycles. The molecule has 0 spiro atoms. The fourth-order valence-electron chi connectivity index (χ4n) is 2.94. The predicted octanol–water partition coefficient (Wildman–Crippen LogP) is 4.14. The third-order valence-corrected chi connectivity index (χ3v) is 4.69. The average Bonchev–Trinajstić information content (AvgIpc) is 2.97. The molecule has 3 rings (SSSR count). The van der Waals surface area contributed by atoms with Crippen LogP contribution in [0.4, 0.5) is 5.69 Å². The van der Waals surface area contributed by atoms with Gasteiger partial charge in [-0.1, -0.05) is 29.3 Å². The van der Waals surface area contributed by atoms with Crippen LogP contribution in [0.25, 0.3) is 5.69 Å². The van der Waals surface area contributed by atoms with Gasteiger partial charge in [-0.15, -0.1) is 0 Å². The van der Waals surface area contributed by atoms with Crippen LogP contribution in [0.3, 0.4) is 0 Å². The Labute approximate surface area is 174 Å². The zero-order valence-electron chi connectivity index (χ0n) is 16.4. The molecule has 0 saturated carbocycles. The molecule has 7 heteroatoms. The molecular weight excluding hydrogens is 388 g/mol. The highest BCUT2D eigenvalue weighted by Crippen LogP contribution is 2.21. The third kappa shape index (κ3) is 4.92. The van der Waals surface area contributed by atoms with Crippen molar-refractivity contribution in [2.24, 2.45) is 5.10 Å². The molecule has 3 aromatic rings. The summed E-state index contributed by atoms with van der Waals surface area (Å²) in [6.07, 6.45) is 1.52. The summed E-state index contributed by atoms with van der Waals surface area (Å²) in [4.78, 5) is 23.9. The molecule has 0 aliphatic rings. The van der Waals surface area contributed by atoms with Gasteiger partial charge in [-0.3, -0.25) is 9.59 Å². The number of aryl methyl sites for hydroxylation is 2. The second-order valence-corrected chi connectivity index (χ2v) is 7.09. The van der Waals surface area contributed by atoms with Gasteiger partial charge in [0.15, 0.2) is 0 Å². The molecule has 6 nitrogen and oxygen atoms in total. The zero-order chi connectivity index (χ0) is 21.0. The number of hydrogen-bond donors (Lipinski definition) is 2. The second kappa shape index (κ2) is 8.75. The molecule has 2 aromatic carbocycles. The molecule has 0 atom stereocenters. The predicted molar refractivity (Wildman–Crippen MR) is 116 cm³/mol. The summed E-state index contributed by atoms with van der Waals surface area (Å²) < 4.78 is 2.06. The highest BCUT2D eigenvalue weighted by atomic mass is 35.5. The first-order valence-electron chi connectivity index (χ1n) is 9.01. The number of halogens is 1. The van der Waals surface area contributed by atoms with Gasteiger partial charge in [-0.25, -0.2) is 5.43 Å². The van der Waals surface area contributed by atoms with Crippen molar-refractivity contribution in [1.29, 1.82) is 0 Å². The van der Waals surface area contributed by atoms with Crippen LogP contribution in [0.2, 0.25) is 5.02 Å². The molecule has 0 bridgehead atoms. The number of hydrazone groups is 1. The van der Waals surface area contributed by atoms with E-state index in [4.69, 9.17) is 11.6 Å². The fraction of sp³-hybridized carbons (Fsp3) is 0.136. The summed E-state index contributed by atoms with van der Waals surface area (Å²) in [5, 5.41) is 7.12. The topological polar surface area (TPSA) is 75.5 Å².